The van der Waals surface area contributed by atoms with Gasteiger partial charge < -0.3 is 14.4 Å². The summed E-state index contributed by atoms with van der Waals surface area (Å²) >= 11 is 0. The molecule has 1 N–H and O–H groups in total. The van der Waals surface area contributed by atoms with E-state index in [9.17, 15) is 4.79 Å². The van der Waals surface area contributed by atoms with Crippen molar-refractivity contribution in [3.63, 3.8) is 0 Å². The Labute approximate surface area is 159 Å². The Bertz CT molecular complexity index is 814. The second-order valence-corrected chi connectivity index (χ2v) is 6.47. The molecule has 1 fully saturated rings. The van der Waals surface area contributed by atoms with E-state index < -0.39 is 0 Å². The topological polar surface area (TPSA) is 63.2 Å². The first kappa shape index (κ1) is 18.8. The Hall–Kier alpha value is -3.02. The van der Waals surface area contributed by atoms with Crippen molar-refractivity contribution in [2.24, 2.45) is 5.10 Å². The zero-order valence-electron chi connectivity index (χ0n) is 15.8. The van der Waals surface area contributed by atoms with Crippen molar-refractivity contribution in [3.05, 3.63) is 53.6 Å². The highest BCUT2D eigenvalue weighted by molar-refractivity contribution is 5.85. The first-order valence-electron chi connectivity index (χ1n) is 9.10. The maximum atomic E-state index is 11.9. The molecule has 0 bridgehead atoms. The number of aryl methyl sites for hydroxylation is 1. The van der Waals surface area contributed by atoms with Gasteiger partial charge in [0, 0.05) is 18.8 Å². The van der Waals surface area contributed by atoms with Crippen molar-refractivity contribution in [2.75, 3.05) is 31.7 Å². The van der Waals surface area contributed by atoms with Gasteiger partial charge in [-0.25, -0.2) is 5.43 Å². The lowest BCUT2D eigenvalue weighted by molar-refractivity contribution is -0.123. The molecule has 0 unspecified atom stereocenters. The monoisotopic (exact) mass is 367 g/mol. The molecule has 142 valence electrons. The van der Waals surface area contributed by atoms with E-state index >= 15 is 0 Å². The third kappa shape index (κ3) is 5.00. The molecule has 2 aromatic carbocycles. The Kier molecular flexibility index (Phi) is 6.30. The number of carbonyl (C=O) groups excluding carboxylic acids is 1. The van der Waals surface area contributed by atoms with Crippen LogP contribution >= 0.6 is 0 Å². The van der Waals surface area contributed by atoms with Gasteiger partial charge in [0.15, 0.2) is 18.1 Å². The minimum Gasteiger partial charge on any atom is -0.493 e. The second kappa shape index (κ2) is 9.07. The van der Waals surface area contributed by atoms with Gasteiger partial charge in [-0.1, -0.05) is 18.2 Å². The van der Waals surface area contributed by atoms with Crippen LogP contribution in [0, 0.1) is 6.92 Å². The third-order valence-corrected chi connectivity index (χ3v) is 4.55. The molecular weight excluding hydrogens is 342 g/mol. The number of hydrazone groups is 1. The van der Waals surface area contributed by atoms with Gasteiger partial charge in [-0.3, -0.25) is 4.79 Å². The number of hydrogen-bond donors (Lipinski definition) is 1. The zero-order valence-corrected chi connectivity index (χ0v) is 15.8. The minimum absolute atomic E-state index is 0.134. The maximum absolute atomic E-state index is 11.9. The number of rotatable bonds is 7. The zero-order chi connectivity index (χ0) is 19.1. The number of benzene rings is 2. The molecule has 3 rings (SSSR count). The lowest BCUT2D eigenvalue weighted by Gasteiger charge is -2.18. The highest BCUT2D eigenvalue weighted by atomic mass is 16.5. The van der Waals surface area contributed by atoms with Crippen molar-refractivity contribution in [1.29, 1.82) is 0 Å². The Morgan fingerprint density at radius 1 is 1.19 bits per heavy atom. The largest absolute Gasteiger partial charge is 0.493 e. The molecule has 0 spiro atoms. The SMILES string of the molecule is COc1ccccc1OCC(=O)NN=Cc1ccc(N2CCCC2)cc1C. The summed E-state index contributed by atoms with van der Waals surface area (Å²) in [6.45, 7) is 4.16. The molecule has 2 aromatic rings. The quantitative estimate of drug-likeness (QED) is 0.603. The number of anilines is 1. The minimum atomic E-state index is -0.330. The lowest BCUT2D eigenvalue weighted by Crippen LogP contribution is -2.24. The summed E-state index contributed by atoms with van der Waals surface area (Å²) in [6.07, 6.45) is 4.17. The smallest absolute Gasteiger partial charge is 0.277 e. The van der Waals surface area contributed by atoms with Crippen molar-refractivity contribution < 1.29 is 14.3 Å². The van der Waals surface area contributed by atoms with Crippen LogP contribution in [0.1, 0.15) is 24.0 Å². The van der Waals surface area contributed by atoms with Gasteiger partial charge in [-0.2, -0.15) is 5.10 Å². The van der Waals surface area contributed by atoms with Crippen molar-refractivity contribution in [2.45, 2.75) is 19.8 Å². The van der Waals surface area contributed by atoms with Crippen LogP contribution in [0.2, 0.25) is 0 Å². The van der Waals surface area contributed by atoms with E-state index in [0.29, 0.717) is 11.5 Å². The van der Waals surface area contributed by atoms with Crippen LogP contribution in [0.25, 0.3) is 0 Å². The summed E-state index contributed by atoms with van der Waals surface area (Å²) in [5.74, 6) is 0.776. The number of ether oxygens (including phenoxy) is 2. The summed E-state index contributed by atoms with van der Waals surface area (Å²) in [5, 5.41) is 4.04. The molecule has 0 atom stereocenters. The lowest BCUT2D eigenvalue weighted by atomic mass is 10.1. The summed E-state index contributed by atoms with van der Waals surface area (Å²) in [5.41, 5.74) is 5.84. The average Bonchev–Trinajstić information content (AvgIpc) is 3.22. The molecule has 6 nitrogen and oxygen atoms in total. The fourth-order valence-corrected chi connectivity index (χ4v) is 3.06. The van der Waals surface area contributed by atoms with E-state index in [1.807, 2.05) is 25.1 Å². The number of nitrogens with one attached hydrogen (secondary N) is 1. The summed E-state index contributed by atoms with van der Waals surface area (Å²) in [6, 6.07) is 13.5. The van der Waals surface area contributed by atoms with E-state index in [4.69, 9.17) is 9.47 Å². The van der Waals surface area contributed by atoms with Gasteiger partial charge >= 0.3 is 0 Å². The molecule has 6 heteroatoms. The summed E-state index contributed by atoms with van der Waals surface area (Å²) < 4.78 is 10.7. The number of carbonyl (C=O) groups is 1. The number of methoxy groups -OCH3 is 1. The standard InChI is InChI=1S/C21H25N3O3/c1-16-13-18(24-11-5-6-12-24)10-9-17(16)14-22-23-21(25)15-27-20-8-4-3-7-19(20)26-2/h3-4,7-10,13-14H,5-6,11-12,15H2,1-2H3,(H,23,25). The van der Waals surface area contributed by atoms with Crippen LogP contribution in [-0.4, -0.2) is 38.9 Å². The van der Waals surface area contributed by atoms with Crippen molar-refractivity contribution in [3.8, 4) is 11.5 Å². The molecule has 0 aromatic heterocycles. The van der Waals surface area contributed by atoms with Crippen LogP contribution < -0.4 is 19.8 Å². The van der Waals surface area contributed by atoms with E-state index in [0.717, 1.165) is 24.2 Å². The first-order chi connectivity index (χ1) is 13.2. The van der Waals surface area contributed by atoms with Crippen LogP contribution in [0.15, 0.2) is 47.6 Å². The van der Waals surface area contributed by atoms with Gasteiger partial charge in [0.1, 0.15) is 0 Å². The number of hydrogen-bond acceptors (Lipinski definition) is 5. The first-order valence-corrected chi connectivity index (χ1v) is 9.10. The fraction of sp³-hybridized carbons (Fsp3) is 0.333. The molecular formula is C21H25N3O3. The summed E-state index contributed by atoms with van der Waals surface area (Å²) in [4.78, 5) is 14.3. The van der Waals surface area contributed by atoms with Gasteiger partial charge in [-0.05, 0) is 55.2 Å². The summed E-state index contributed by atoms with van der Waals surface area (Å²) in [7, 11) is 1.56. The Morgan fingerprint density at radius 2 is 1.93 bits per heavy atom. The van der Waals surface area contributed by atoms with E-state index in [-0.39, 0.29) is 12.5 Å². The normalized spacial score (nSPS) is 13.8. The molecule has 1 saturated heterocycles. The molecule has 0 saturated carbocycles. The molecule has 0 aliphatic carbocycles. The third-order valence-electron chi connectivity index (χ3n) is 4.55. The van der Waals surface area contributed by atoms with Gasteiger partial charge in [0.25, 0.3) is 5.91 Å². The molecule has 1 amide bonds. The van der Waals surface area contributed by atoms with Crippen LogP contribution in [-0.2, 0) is 4.79 Å². The Morgan fingerprint density at radius 3 is 2.63 bits per heavy atom. The number of para-hydroxylation sites is 2. The van der Waals surface area contributed by atoms with Crippen LogP contribution in [0.5, 0.6) is 11.5 Å². The molecule has 1 aliphatic rings. The predicted molar refractivity (Wildman–Crippen MR) is 107 cm³/mol. The highest BCUT2D eigenvalue weighted by Gasteiger charge is 2.12. The highest BCUT2D eigenvalue weighted by Crippen LogP contribution is 2.25. The van der Waals surface area contributed by atoms with E-state index in [1.165, 1.54) is 18.5 Å². The van der Waals surface area contributed by atoms with E-state index in [1.54, 1.807) is 25.5 Å². The molecule has 0 radical (unpaired) electrons. The van der Waals surface area contributed by atoms with E-state index in [2.05, 4.69) is 27.6 Å². The maximum Gasteiger partial charge on any atom is 0.277 e. The predicted octanol–water partition coefficient (Wildman–Crippen LogP) is 3.13. The van der Waals surface area contributed by atoms with Crippen LogP contribution in [0.4, 0.5) is 5.69 Å². The number of amides is 1. The van der Waals surface area contributed by atoms with Gasteiger partial charge in [-0.15, -0.1) is 0 Å². The fourth-order valence-electron chi connectivity index (χ4n) is 3.06. The number of nitrogens with zero attached hydrogens (tertiary/aromatic N) is 2. The van der Waals surface area contributed by atoms with Crippen molar-refractivity contribution in [1.82, 2.24) is 5.43 Å². The second-order valence-electron chi connectivity index (χ2n) is 6.47. The van der Waals surface area contributed by atoms with Gasteiger partial charge in [0.05, 0.1) is 13.3 Å². The molecule has 27 heavy (non-hydrogen) atoms. The Balaban J connectivity index is 1.51. The molecule has 1 aliphatic heterocycles. The van der Waals surface area contributed by atoms with Crippen LogP contribution in [0.3, 0.4) is 0 Å². The van der Waals surface area contributed by atoms with Gasteiger partial charge in [0.2, 0.25) is 0 Å². The average molecular weight is 367 g/mol. The van der Waals surface area contributed by atoms with Crippen molar-refractivity contribution >= 4 is 17.8 Å². The molecule has 1 heterocycles.